The van der Waals surface area contributed by atoms with E-state index in [-0.39, 0.29) is 11.4 Å². The molecule has 0 aromatic heterocycles. The summed E-state index contributed by atoms with van der Waals surface area (Å²) in [5.74, 6) is -0.825. The van der Waals surface area contributed by atoms with E-state index in [4.69, 9.17) is 5.14 Å². The number of halogens is 3. The second-order valence-corrected chi connectivity index (χ2v) is 6.80. The normalized spacial score (nSPS) is 12.0. The SMILES string of the molecule is NS(=O)(=O)c1ccc(CCNC(=O)c2ccccc2C(F)(F)F)cc1. The van der Waals surface area contributed by atoms with Crippen LogP contribution in [0.25, 0.3) is 0 Å². The Balaban J connectivity index is 2.00. The highest BCUT2D eigenvalue weighted by Gasteiger charge is 2.34. The van der Waals surface area contributed by atoms with Gasteiger partial charge in [-0.1, -0.05) is 24.3 Å². The van der Waals surface area contributed by atoms with E-state index < -0.39 is 33.2 Å². The summed E-state index contributed by atoms with van der Waals surface area (Å²) in [7, 11) is -3.78. The molecule has 0 bridgehead atoms. The van der Waals surface area contributed by atoms with Gasteiger partial charge in [0.2, 0.25) is 10.0 Å². The van der Waals surface area contributed by atoms with Crippen LogP contribution in [-0.4, -0.2) is 20.9 Å². The van der Waals surface area contributed by atoms with Crippen molar-refractivity contribution in [2.75, 3.05) is 6.54 Å². The predicted molar refractivity (Wildman–Crippen MR) is 85.3 cm³/mol. The number of nitrogens with two attached hydrogens (primary N) is 1. The molecule has 0 saturated heterocycles. The molecule has 0 atom stereocenters. The third kappa shape index (κ3) is 5.04. The smallest absolute Gasteiger partial charge is 0.352 e. The van der Waals surface area contributed by atoms with Gasteiger partial charge in [-0.05, 0) is 36.2 Å². The van der Waals surface area contributed by atoms with Gasteiger partial charge in [0.25, 0.3) is 5.91 Å². The summed E-state index contributed by atoms with van der Waals surface area (Å²) in [6.07, 6.45) is -4.29. The molecule has 3 N–H and O–H groups in total. The van der Waals surface area contributed by atoms with Gasteiger partial charge in [0.05, 0.1) is 16.0 Å². The standard InChI is InChI=1S/C16H15F3N2O3S/c17-16(18,19)14-4-2-1-3-13(14)15(22)21-10-9-11-5-7-12(8-6-11)25(20,23)24/h1-8H,9-10H2,(H,21,22)(H2,20,23,24). The van der Waals surface area contributed by atoms with Crippen LogP contribution in [0.15, 0.2) is 53.4 Å². The average Bonchev–Trinajstić information content (AvgIpc) is 2.53. The van der Waals surface area contributed by atoms with Gasteiger partial charge in [-0.15, -0.1) is 0 Å². The number of hydrogen-bond donors (Lipinski definition) is 2. The molecule has 0 heterocycles. The molecule has 2 aromatic rings. The zero-order valence-electron chi connectivity index (χ0n) is 12.9. The maximum atomic E-state index is 12.9. The van der Waals surface area contributed by atoms with E-state index >= 15 is 0 Å². The Morgan fingerprint density at radius 1 is 1.04 bits per heavy atom. The maximum absolute atomic E-state index is 12.9. The zero-order valence-corrected chi connectivity index (χ0v) is 13.7. The number of rotatable bonds is 5. The molecule has 2 rings (SSSR count). The molecule has 0 unspecified atom stereocenters. The maximum Gasteiger partial charge on any atom is 0.417 e. The van der Waals surface area contributed by atoms with Crippen LogP contribution in [0, 0.1) is 0 Å². The first-order chi connectivity index (χ1) is 11.6. The van der Waals surface area contributed by atoms with Crippen molar-refractivity contribution < 1.29 is 26.4 Å². The number of amides is 1. The number of sulfonamides is 1. The highest BCUT2D eigenvalue weighted by Crippen LogP contribution is 2.31. The van der Waals surface area contributed by atoms with Crippen LogP contribution in [0.3, 0.4) is 0 Å². The number of primary sulfonamides is 1. The van der Waals surface area contributed by atoms with Gasteiger partial charge in [-0.3, -0.25) is 4.79 Å². The lowest BCUT2D eigenvalue weighted by Gasteiger charge is -2.12. The monoisotopic (exact) mass is 372 g/mol. The molecule has 0 fully saturated rings. The summed E-state index contributed by atoms with van der Waals surface area (Å²) in [5.41, 5.74) is -0.735. The van der Waals surface area contributed by atoms with Crippen LogP contribution in [0.4, 0.5) is 13.2 Å². The lowest BCUT2D eigenvalue weighted by molar-refractivity contribution is -0.137. The van der Waals surface area contributed by atoms with E-state index in [1.165, 1.54) is 36.4 Å². The molecule has 1 amide bonds. The summed E-state index contributed by atoms with van der Waals surface area (Å²) in [4.78, 5) is 11.9. The summed E-state index contributed by atoms with van der Waals surface area (Å²) in [6, 6.07) is 10.2. The fourth-order valence-electron chi connectivity index (χ4n) is 2.19. The minimum atomic E-state index is -4.61. The predicted octanol–water partition coefficient (Wildman–Crippen LogP) is 2.33. The fourth-order valence-corrected chi connectivity index (χ4v) is 2.71. The molecule has 25 heavy (non-hydrogen) atoms. The third-order valence-corrected chi connectivity index (χ3v) is 4.36. The Morgan fingerprint density at radius 2 is 1.64 bits per heavy atom. The van der Waals surface area contributed by atoms with Crippen LogP contribution < -0.4 is 10.5 Å². The van der Waals surface area contributed by atoms with E-state index in [0.717, 1.165) is 12.1 Å². The van der Waals surface area contributed by atoms with E-state index in [0.29, 0.717) is 12.0 Å². The molecular weight excluding hydrogens is 357 g/mol. The van der Waals surface area contributed by atoms with Crippen molar-refractivity contribution >= 4 is 15.9 Å². The summed E-state index contributed by atoms with van der Waals surface area (Å²) >= 11 is 0. The Labute approximate surface area is 142 Å². The third-order valence-electron chi connectivity index (χ3n) is 3.43. The molecule has 0 radical (unpaired) electrons. The van der Waals surface area contributed by atoms with Gasteiger partial charge < -0.3 is 5.32 Å². The summed E-state index contributed by atoms with van der Waals surface area (Å²) < 4.78 is 61.0. The topological polar surface area (TPSA) is 89.3 Å². The van der Waals surface area contributed by atoms with Gasteiger partial charge in [0, 0.05) is 6.54 Å². The molecular formula is C16H15F3N2O3S. The van der Waals surface area contributed by atoms with E-state index in [1.807, 2.05) is 0 Å². The van der Waals surface area contributed by atoms with Gasteiger partial charge >= 0.3 is 6.18 Å². The van der Waals surface area contributed by atoms with Gasteiger partial charge in [-0.2, -0.15) is 13.2 Å². The summed E-state index contributed by atoms with van der Waals surface area (Å²) in [6.45, 7) is 0.0970. The van der Waals surface area contributed by atoms with Crippen molar-refractivity contribution in [3.8, 4) is 0 Å². The van der Waals surface area contributed by atoms with Gasteiger partial charge in [0.1, 0.15) is 0 Å². The Morgan fingerprint density at radius 3 is 2.20 bits per heavy atom. The number of nitrogens with one attached hydrogen (secondary N) is 1. The lowest BCUT2D eigenvalue weighted by Crippen LogP contribution is -2.28. The Bertz CT molecular complexity index is 863. The largest absolute Gasteiger partial charge is 0.417 e. The quantitative estimate of drug-likeness (QED) is 0.844. The van der Waals surface area contributed by atoms with Crippen LogP contribution in [0.5, 0.6) is 0 Å². The number of hydrogen-bond acceptors (Lipinski definition) is 3. The van der Waals surface area contributed by atoms with Crippen molar-refractivity contribution in [2.45, 2.75) is 17.5 Å². The van der Waals surface area contributed by atoms with Crippen LogP contribution in [0.1, 0.15) is 21.5 Å². The first kappa shape index (κ1) is 18.9. The number of benzene rings is 2. The second kappa shape index (κ2) is 7.24. The fraction of sp³-hybridized carbons (Fsp3) is 0.188. The average molecular weight is 372 g/mol. The molecule has 0 aliphatic heterocycles. The second-order valence-electron chi connectivity index (χ2n) is 5.24. The molecule has 0 aliphatic carbocycles. The van der Waals surface area contributed by atoms with Crippen molar-refractivity contribution in [3.05, 3.63) is 65.2 Å². The highest BCUT2D eigenvalue weighted by molar-refractivity contribution is 7.89. The van der Waals surface area contributed by atoms with E-state index in [9.17, 15) is 26.4 Å². The summed E-state index contributed by atoms with van der Waals surface area (Å²) in [5, 5.41) is 7.41. The molecule has 134 valence electrons. The zero-order chi connectivity index (χ0) is 18.7. The Kier molecular flexibility index (Phi) is 5.48. The lowest BCUT2D eigenvalue weighted by atomic mass is 10.1. The number of alkyl halides is 3. The van der Waals surface area contributed by atoms with Crippen molar-refractivity contribution in [2.24, 2.45) is 5.14 Å². The minimum absolute atomic E-state index is 0.0422. The highest BCUT2D eigenvalue weighted by atomic mass is 32.2. The van der Waals surface area contributed by atoms with Crippen LogP contribution in [-0.2, 0) is 22.6 Å². The van der Waals surface area contributed by atoms with Gasteiger partial charge in [-0.25, -0.2) is 13.6 Å². The first-order valence-electron chi connectivity index (χ1n) is 7.15. The molecule has 0 spiro atoms. The van der Waals surface area contributed by atoms with E-state index in [2.05, 4.69) is 5.32 Å². The van der Waals surface area contributed by atoms with Crippen LogP contribution >= 0.6 is 0 Å². The molecule has 0 aliphatic rings. The number of carbonyl (C=O) groups is 1. The van der Waals surface area contributed by atoms with Crippen LogP contribution in [0.2, 0.25) is 0 Å². The van der Waals surface area contributed by atoms with E-state index in [1.54, 1.807) is 0 Å². The molecule has 2 aromatic carbocycles. The molecule has 5 nitrogen and oxygen atoms in total. The Hall–Kier alpha value is -2.39. The van der Waals surface area contributed by atoms with Gasteiger partial charge in [0.15, 0.2) is 0 Å². The van der Waals surface area contributed by atoms with Crippen molar-refractivity contribution in [1.82, 2.24) is 5.32 Å². The van der Waals surface area contributed by atoms with Crippen molar-refractivity contribution in [1.29, 1.82) is 0 Å². The minimum Gasteiger partial charge on any atom is -0.352 e. The van der Waals surface area contributed by atoms with Crippen molar-refractivity contribution in [3.63, 3.8) is 0 Å². The molecule has 9 heteroatoms. The molecule has 0 saturated carbocycles. The number of carbonyl (C=O) groups excluding carboxylic acids is 1. The first-order valence-corrected chi connectivity index (χ1v) is 8.70.